The zero-order valence-electron chi connectivity index (χ0n) is 9.77. The SMILES string of the molecule is CC(=O)C(C)C(=O)O.COC(=O)CC(C)=O. The second-order valence-electron chi connectivity index (χ2n) is 3.13. The molecule has 0 aliphatic heterocycles. The summed E-state index contributed by atoms with van der Waals surface area (Å²) < 4.78 is 4.20. The molecular weight excluding hydrogens is 216 g/mol. The van der Waals surface area contributed by atoms with Gasteiger partial charge in [-0.05, 0) is 20.8 Å². The number of esters is 1. The summed E-state index contributed by atoms with van der Waals surface area (Å²) in [6, 6.07) is 0. The first-order valence-corrected chi connectivity index (χ1v) is 4.51. The summed E-state index contributed by atoms with van der Waals surface area (Å²) in [5.74, 6) is -2.86. The number of methoxy groups -OCH3 is 1. The highest BCUT2D eigenvalue weighted by Crippen LogP contribution is 1.93. The molecule has 6 heteroatoms. The Balaban J connectivity index is 0. The molecule has 0 amide bonds. The van der Waals surface area contributed by atoms with Gasteiger partial charge >= 0.3 is 11.9 Å². The van der Waals surface area contributed by atoms with E-state index in [1.807, 2.05) is 0 Å². The number of Topliss-reactive ketones (excluding diaryl/α,β-unsaturated/α-hetero) is 2. The van der Waals surface area contributed by atoms with Crippen LogP contribution in [-0.4, -0.2) is 35.7 Å². The number of carbonyl (C=O) groups excluding carboxylic acids is 3. The van der Waals surface area contributed by atoms with Crippen LogP contribution in [0.15, 0.2) is 0 Å². The number of carbonyl (C=O) groups is 4. The fraction of sp³-hybridized carbons (Fsp3) is 0.600. The maximum absolute atomic E-state index is 10.2. The first kappa shape index (κ1) is 16.7. The number of aliphatic carboxylic acids is 1. The van der Waals surface area contributed by atoms with Crippen LogP contribution in [0.2, 0.25) is 0 Å². The van der Waals surface area contributed by atoms with E-state index in [0.717, 1.165) is 0 Å². The van der Waals surface area contributed by atoms with Crippen LogP contribution < -0.4 is 0 Å². The largest absolute Gasteiger partial charge is 0.481 e. The molecule has 0 fully saturated rings. The van der Waals surface area contributed by atoms with Crippen molar-refractivity contribution >= 4 is 23.5 Å². The van der Waals surface area contributed by atoms with E-state index in [4.69, 9.17) is 5.11 Å². The smallest absolute Gasteiger partial charge is 0.313 e. The number of ether oxygens (including phenoxy) is 1. The first-order valence-electron chi connectivity index (χ1n) is 4.51. The lowest BCUT2D eigenvalue weighted by molar-refractivity contribution is -0.145. The van der Waals surface area contributed by atoms with Crippen molar-refractivity contribution < 1.29 is 29.0 Å². The molecule has 0 radical (unpaired) electrons. The Labute approximate surface area is 93.6 Å². The Kier molecular flexibility index (Phi) is 8.95. The third-order valence-corrected chi connectivity index (χ3v) is 1.60. The molecule has 0 spiro atoms. The molecule has 0 heterocycles. The summed E-state index contributed by atoms with van der Waals surface area (Å²) in [6.07, 6.45) is -0.115. The Bertz CT molecular complexity index is 264. The fourth-order valence-corrected chi connectivity index (χ4v) is 0.449. The van der Waals surface area contributed by atoms with Gasteiger partial charge in [-0.1, -0.05) is 0 Å². The standard InChI is InChI=1S/2C5H8O3/c1-4(6)3-5(7)8-2;1-3(4(2)6)5(7)8/h3H2,1-2H3;3H,1-2H3,(H,7,8). The highest BCUT2D eigenvalue weighted by molar-refractivity contribution is 5.96. The topological polar surface area (TPSA) is 97.7 Å². The van der Waals surface area contributed by atoms with Crippen molar-refractivity contribution in [2.75, 3.05) is 7.11 Å². The summed E-state index contributed by atoms with van der Waals surface area (Å²) in [6.45, 7) is 3.97. The third-order valence-electron chi connectivity index (χ3n) is 1.60. The van der Waals surface area contributed by atoms with E-state index >= 15 is 0 Å². The van der Waals surface area contributed by atoms with E-state index in [0.29, 0.717) is 0 Å². The lowest BCUT2D eigenvalue weighted by Crippen LogP contribution is -2.16. The van der Waals surface area contributed by atoms with Crippen LogP contribution in [-0.2, 0) is 23.9 Å². The van der Waals surface area contributed by atoms with Gasteiger partial charge in [0.25, 0.3) is 0 Å². The molecule has 0 aromatic carbocycles. The minimum absolute atomic E-state index is 0.115. The summed E-state index contributed by atoms with van der Waals surface area (Å²) in [7, 11) is 1.26. The third kappa shape index (κ3) is 10.4. The van der Waals surface area contributed by atoms with Gasteiger partial charge in [-0.25, -0.2) is 0 Å². The molecule has 0 bridgehead atoms. The molecule has 1 atom stereocenters. The second kappa shape index (κ2) is 8.58. The normalized spacial score (nSPS) is 10.5. The predicted octanol–water partition coefficient (Wildman–Crippen LogP) is 0.435. The zero-order valence-corrected chi connectivity index (χ0v) is 9.77. The highest BCUT2D eigenvalue weighted by atomic mass is 16.5. The molecule has 0 rings (SSSR count). The molecule has 92 valence electrons. The van der Waals surface area contributed by atoms with E-state index in [1.165, 1.54) is 27.9 Å². The highest BCUT2D eigenvalue weighted by Gasteiger charge is 2.14. The van der Waals surface area contributed by atoms with Crippen LogP contribution >= 0.6 is 0 Å². The van der Waals surface area contributed by atoms with Crippen LogP contribution in [0.25, 0.3) is 0 Å². The monoisotopic (exact) mass is 232 g/mol. The summed E-state index contributed by atoms with van der Waals surface area (Å²) in [5, 5.41) is 8.13. The Morgan fingerprint density at radius 3 is 1.69 bits per heavy atom. The number of ketones is 2. The van der Waals surface area contributed by atoms with Crippen LogP contribution in [0.4, 0.5) is 0 Å². The van der Waals surface area contributed by atoms with E-state index in [2.05, 4.69) is 4.74 Å². The molecule has 6 nitrogen and oxygen atoms in total. The van der Waals surface area contributed by atoms with Gasteiger partial charge in [-0.2, -0.15) is 0 Å². The van der Waals surface area contributed by atoms with Gasteiger partial charge in [-0.15, -0.1) is 0 Å². The lowest BCUT2D eigenvalue weighted by atomic mass is 10.1. The van der Waals surface area contributed by atoms with Gasteiger partial charge in [0.2, 0.25) is 0 Å². The number of hydrogen-bond acceptors (Lipinski definition) is 5. The Hall–Kier alpha value is -1.72. The zero-order chi connectivity index (χ0) is 13.3. The Morgan fingerprint density at radius 2 is 1.62 bits per heavy atom. The summed E-state index contributed by atoms with van der Waals surface area (Å²) in [5.41, 5.74) is 0. The average molecular weight is 232 g/mol. The molecule has 0 aliphatic carbocycles. The minimum Gasteiger partial charge on any atom is -0.481 e. The van der Waals surface area contributed by atoms with Crippen molar-refractivity contribution in [1.82, 2.24) is 0 Å². The molecule has 0 saturated carbocycles. The van der Waals surface area contributed by atoms with Gasteiger partial charge in [0.15, 0.2) is 0 Å². The quantitative estimate of drug-likeness (QED) is 0.557. The molecule has 0 aliphatic rings. The number of hydrogen-bond donors (Lipinski definition) is 1. The second-order valence-corrected chi connectivity index (χ2v) is 3.13. The van der Waals surface area contributed by atoms with Gasteiger partial charge in [0, 0.05) is 0 Å². The molecule has 16 heavy (non-hydrogen) atoms. The molecule has 1 N–H and O–H groups in total. The summed E-state index contributed by atoms with van der Waals surface area (Å²) >= 11 is 0. The first-order chi connectivity index (χ1) is 7.22. The van der Waals surface area contributed by atoms with Crippen molar-refractivity contribution in [1.29, 1.82) is 0 Å². The molecule has 0 saturated heterocycles. The molecule has 1 unspecified atom stereocenters. The number of rotatable bonds is 4. The van der Waals surface area contributed by atoms with Crippen molar-refractivity contribution in [2.45, 2.75) is 27.2 Å². The van der Waals surface area contributed by atoms with Gasteiger partial charge in [0.05, 0.1) is 7.11 Å². The van der Waals surface area contributed by atoms with Crippen LogP contribution in [0, 0.1) is 5.92 Å². The average Bonchev–Trinajstić information content (AvgIpc) is 2.16. The number of carboxylic acids is 1. The van der Waals surface area contributed by atoms with E-state index in [1.54, 1.807) is 0 Å². The fourth-order valence-electron chi connectivity index (χ4n) is 0.449. The van der Waals surface area contributed by atoms with E-state index in [-0.39, 0.29) is 18.0 Å². The van der Waals surface area contributed by atoms with E-state index < -0.39 is 17.9 Å². The predicted molar refractivity (Wildman–Crippen MR) is 54.8 cm³/mol. The number of carboxylic acid groups (broad SMARTS) is 1. The van der Waals surface area contributed by atoms with Crippen LogP contribution in [0.3, 0.4) is 0 Å². The molecule has 0 aromatic heterocycles. The van der Waals surface area contributed by atoms with Crippen molar-refractivity contribution in [3.63, 3.8) is 0 Å². The van der Waals surface area contributed by atoms with Gasteiger partial charge in [0.1, 0.15) is 23.9 Å². The van der Waals surface area contributed by atoms with Crippen molar-refractivity contribution in [3.05, 3.63) is 0 Å². The lowest BCUT2D eigenvalue weighted by Gasteiger charge is -1.96. The van der Waals surface area contributed by atoms with E-state index in [9.17, 15) is 19.2 Å². The van der Waals surface area contributed by atoms with Crippen molar-refractivity contribution in [2.24, 2.45) is 5.92 Å². The maximum Gasteiger partial charge on any atom is 0.313 e. The molecular formula is C10H16O6. The van der Waals surface area contributed by atoms with Crippen LogP contribution in [0.5, 0.6) is 0 Å². The molecule has 0 aromatic rings. The maximum atomic E-state index is 10.2. The van der Waals surface area contributed by atoms with Crippen molar-refractivity contribution in [3.8, 4) is 0 Å². The van der Waals surface area contributed by atoms with Gasteiger partial charge < -0.3 is 9.84 Å². The minimum atomic E-state index is -1.06. The Morgan fingerprint density at radius 1 is 1.19 bits per heavy atom. The summed E-state index contributed by atoms with van der Waals surface area (Å²) in [4.78, 5) is 40.4. The van der Waals surface area contributed by atoms with Crippen LogP contribution in [0.1, 0.15) is 27.2 Å². The van der Waals surface area contributed by atoms with Gasteiger partial charge in [-0.3, -0.25) is 19.2 Å².